The average molecular weight is 276 g/mol. The standard InChI is InChI=1S/C15H34P2/c1-13(2,3)16(10)11-12-17(14(4,5)6)15(7,8)9/h11-12H2,1-10H3/t16-/m1/s1. The molecule has 0 saturated carbocycles. The second-order valence-electron chi connectivity index (χ2n) is 8.09. The highest BCUT2D eigenvalue weighted by molar-refractivity contribution is 7.63. The van der Waals surface area contributed by atoms with Gasteiger partial charge in [0.15, 0.2) is 0 Å². The van der Waals surface area contributed by atoms with Gasteiger partial charge in [0.2, 0.25) is 0 Å². The molecule has 0 heterocycles. The summed E-state index contributed by atoms with van der Waals surface area (Å²) in [7, 11) is 0.262. The summed E-state index contributed by atoms with van der Waals surface area (Å²) in [6.45, 7) is 24.3. The second kappa shape index (κ2) is 5.88. The molecule has 0 nitrogen and oxygen atoms in total. The van der Waals surface area contributed by atoms with Gasteiger partial charge in [0.05, 0.1) is 0 Å². The molecular weight excluding hydrogens is 242 g/mol. The summed E-state index contributed by atoms with van der Waals surface area (Å²) >= 11 is 0. The van der Waals surface area contributed by atoms with Gasteiger partial charge in [0.1, 0.15) is 0 Å². The highest BCUT2D eigenvalue weighted by Gasteiger charge is 2.34. The molecule has 0 fully saturated rings. The third-order valence-corrected chi connectivity index (χ3v) is 10.9. The zero-order chi connectivity index (χ0) is 14.1. The molecule has 2 heteroatoms. The van der Waals surface area contributed by atoms with Crippen molar-refractivity contribution in [1.82, 2.24) is 0 Å². The van der Waals surface area contributed by atoms with E-state index in [1.165, 1.54) is 12.3 Å². The Morgan fingerprint density at radius 2 is 0.941 bits per heavy atom. The van der Waals surface area contributed by atoms with Crippen LogP contribution in [0, 0.1) is 0 Å². The Morgan fingerprint density at radius 3 is 1.18 bits per heavy atom. The first-order chi connectivity index (χ1) is 7.26. The Balaban J connectivity index is 4.61. The largest absolute Gasteiger partial charge is 0.104 e. The van der Waals surface area contributed by atoms with Gasteiger partial charge in [0, 0.05) is 0 Å². The minimum Gasteiger partial charge on any atom is -0.104 e. The van der Waals surface area contributed by atoms with E-state index in [1.54, 1.807) is 0 Å². The van der Waals surface area contributed by atoms with Gasteiger partial charge in [-0.25, -0.2) is 0 Å². The summed E-state index contributed by atoms with van der Waals surface area (Å²) in [5, 5.41) is 1.50. The van der Waals surface area contributed by atoms with Crippen LogP contribution in [0.5, 0.6) is 0 Å². The van der Waals surface area contributed by atoms with E-state index in [2.05, 4.69) is 69.0 Å². The molecule has 1 atom stereocenters. The van der Waals surface area contributed by atoms with Crippen LogP contribution in [0.25, 0.3) is 0 Å². The normalized spacial score (nSPS) is 16.4. The molecule has 17 heavy (non-hydrogen) atoms. The van der Waals surface area contributed by atoms with Crippen molar-refractivity contribution < 1.29 is 0 Å². The molecule has 0 amide bonds. The first kappa shape index (κ1) is 17.9. The first-order valence-corrected chi connectivity index (χ1v) is 10.3. The topological polar surface area (TPSA) is 0 Å². The molecule has 0 rings (SSSR count). The molecule has 0 aliphatic rings. The lowest BCUT2D eigenvalue weighted by Crippen LogP contribution is -2.28. The Morgan fingerprint density at radius 1 is 0.588 bits per heavy atom. The molecule has 0 saturated heterocycles. The van der Waals surface area contributed by atoms with Gasteiger partial charge >= 0.3 is 0 Å². The molecule has 0 aromatic carbocycles. The van der Waals surface area contributed by atoms with Crippen molar-refractivity contribution in [3.63, 3.8) is 0 Å². The minimum absolute atomic E-state index is 0.0938. The molecule has 0 aromatic heterocycles. The van der Waals surface area contributed by atoms with Crippen LogP contribution in [-0.2, 0) is 0 Å². The van der Waals surface area contributed by atoms with Crippen LogP contribution in [-0.4, -0.2) is 34.5 Å². The maximum atomic E-state index is 2.48. The lowest BCUT2D eigenvalue weighted by Gasteiger charge is -2.43. The molecule has 0 spiro atoms. The van der Waals surface area contributed by atoms with Crippen molar-refractivity contribution in [1.29, 1.82) is 0 Å². The maximum absolute atomic E-state index is 2.48. The van der Waals surface area contributed by atoms with Crippen molar-refractivity contribution in [2.24, 2.45) is 0 Å². The Hall–Kier alpha value is 0.860. The molecule has 0 bridgehead atoms. The molecule has 104 valence electrons. The van der Waals surface area contributed by atoms with Gasteiger partial charge in [0.25, 0.3) is 0 Å². The van der Waals surface area contributed by atoms with E-state index in [0.717, 1.165) is 0 Å². The van der Waals surface area contributed by atoms with Crippen LogP contribution in [0.4, 0.5) is 0 Å². The Labute approximate surface area is 113 Å². The van der Waals surface area contributed by atoms with Crippen molar-refractivity contribution in [2.45, 2.75) is 77.8 Å². The van der Waals surface area contributed by atoms with Crippen LogP contribution in [0.2, 0.25) is 0 Å². The van der Waals surface area contributed by atoms with Crippen LogP contribution < -0.4 is 0 Å². The highest BCUT2D eigenvalue weighted by Crippen LogP contribution is 2.61. The fourth-order valence-electron chi connectivity index (χ4n) is 2.26. The number of hydrogen-bond acceptors (Lipinski definition) is 0. The second-order valence-corrected chi connectivity index (χ2v) is 15.3. The summed E-state index contributed by atoms with van der Waals surface area (Å²) < 4.78 is 0. The summed E-state index contributed by atoms with van der Waals surface area (Å²) in [5.41, 5.74) is 0. The molecular formula is C15H34P2. The van der Waals surface area contributed by atoms with Gasteiger partial charge in [-0.1, -0.05) is 70.2 Å². The Kier molecular flexibility index (Phi) is 6.18. The van der Waals surface area contributed by atoms with E-state index in [9.17, 15) is 0 Å². The molecule has 0 radical (unpaired) electrons. The van der Waals surface area contributed by atoms with Crippen molar-refractivity contribution in [2.75, 3.05) is 19.0 Å². The van der Waals surface area contributed by atoms with Crippen molar-refractivity contribution in [3.8, 4) is 0 Å². The molecule has 0 aliphatic heterocycles. The van der Waals surface area contributed by atoms with E-state index >= 15 is 0 Å². The van der Waals surface area contributed by atoms with Gasteiger partial charge in [-0.2, -0.15) is 0 Å². The predicted octanol–water partition coefficient (Wildman–Crippen LogP) is 5.98. The summed E-state index contributed by atoms with van der Waals surface area (Å²) in [6.07, 6.45) is 2.89. The summed E-state index contributed by atoms with van der Waals surface area (Å²) in [5.74, 6) is 0. The zero-order valence-electron chi connectivity index (χ0n) is 13.8. The lowest BCUT2D eigenvalue weighted by atomic mass is 10.2. The van der Waals surface area contributed by atoms with E-state index < -0.39 is 0 Å². The van der Waals surface area contributed by atoms with E-state index in [1.807, 2.05) is 0 Å². The number of rotatable bonds is 3. The summed E-state index contributed by atoms with van der Waals surface area (Å²) in [6, 6.07) is 0. The van der Waals surface area contributed by atoms with E-state index in [-0.39, 0.29) is 15.8 Å². The highest BCUT2D eigenvalue weighted by atomic mass is 31.1. The van der Waals surface area contributed by atoms with Crippen LogP contribution in [0.3, 0.4) is 0 Å². The molecule has 0 aliphatic carbocycles. The van der Waals surface area contributed by atoms with Crippen LogP contribution in [0.15, 0.2) is 0 Å². The third-order valence-electron chi connectivity index (χ3n) is 3.42. The predicted molar refractivity (Wildman–Crippen MR) is 88.8 cm³/mol. The van der Waals surface area contributed by atoms with Crippen LogP contribution >= 0.6 is 15.8 Å². The first-order valence-electron chi connectivity index (χ1n) is 6.75. The molecule has 0 N–H and O–H groups in total. The zero-order valence-corrected chi connectivity index (χ0v) is 15.6. The summed E-state index contributed by atoms with van der Waals surface area (Å²) in [4.78, 5) is 0. The quantitative estimate of drug-likeness (QED) is 0.556. The molecule has 0 aromatic rings. The molecule has 0 unspecified atom stereocenters. The van der Waals surface area contributed by atoms with Crippen molar-refractivity contribution in [3.05, 3.63) is 0 Å². The SMILES string of the molecule is C[P@](CCP(C(C)(C)C)C(C)(C)C)C(C)(C)C. The fourth-order valence-corrected chi connectivity index (χ4v) is 8.29. The fraction of sp³-hybridized carbons (Fsp3) is 1.00. The van der Waals surface area contributed by atoms with Gasteiger partial charge in [-0.3, -0.25) is 0 Å². The van der Waals surface area contributed by atoms with Gasteiger partial charge < -0.3 is 0 Å². The lowest BCUT2D eigenvalue weighted by molar-refractivity contribution is 0.705. The number of hydrogen-bond donors (Lipinski definition) is 0. The van der Waals surface area contributed by atoms with Crippen molar-refractivity contribution >= 4 is 15.8 Å². The Bertz CT molecular complexity index is 211. The smallest absolute Gasteiger partial charge is 0.0174 e. The maximum Gasteiger partial charge on any atom is -0.0174 e. The van der Waals surface area contributed by atoms with Gasteiger partial charge in [-0.05, 0) is 34.5 Å². The monoisotopic (exact) mass is 276 g/mol. The average Bonchev–Trinajstić information content (AvgIpc) is 1.96. The third kappa shape index (κ3) is 6.54. The minimum atomic E-state index is 0.0938. The van der Waals surface area contributed by atoms with Gasteiger partial charge in [-0.15, -0.1) is 7.92 Å². The van der Waals surface area contributed by atoms with Crippen LogP contribution in [0.1, 0.15) is 62.3 Å². The van der Waals surface area contributed by atoms with E-state index in [0.29, 0.717) is 15.5 Å². The van der Waals surface area contributed by atoms with E-state index in [4.69, 9.17) is 0 Å².